The lowest BCUT2D eigenvalue weighted by Gasteiger charge is -2.17. The number of benzene rings is 2. The molecule has 5 nitrogen and oxygen atoms in total. The smallest absolute Gasteiger partial charge is 0.194 e. The molecule has 1 N–H and O–H groups in total. The number of nitrogens with one attached hydrogen (secondary N) is 1. The van der Waals surface area contributed by atoms with Gasteiger partial charge >= 0.3 is 0 Å². The highest BCUT2D eigenvalue weighted by atomic mass is 15.3. The third-order valence-electron chi connectivity index (χ3n) is 4.00. The molecule has 2 aromatic carbocycles. The Morgan fingerprint density at radius 1 is 0.962 bits per heavy atom. The number of guanidine groups is 1. The van der Waals surface area contributed by atoms with Crippen LogP contribution >= 0.6 is 0 Å². The first-order chi connectivity index (χ1) is 12.7. The van der Waals surface area contributed by atoms with Crippen molar-refractivity contribution in [2.75, 3.05) is 14.1 Å². The van der Waals surface area contributed by atoms with Crippen molar-refractivity contribution in [3.05, 3.63) is 89.7 Å². The second-order valence-electron chi connectivity index (χ2n) is 6.41. The topological polar surface area (TPSA) is 45.5 Å². The lowest BCUT2D eigenvalue weighted by atomic mass is 10.2. The van der Waals surface area contributed by atoms with Crippen LogP contribution in [0.15, 0.2) is 78.0 Å². The molecule has 26 heavy (non-hydrogen) atoms. The van der Waals surface area contributed by atoms with Crippen LogP contribution in [-0.2, 0) is 19.6 Å². The second kappa shape index (κ2) is 8.85. The van der Waals surface area contributed by atoms with Crippen molar-refractivity contribution in [2.24, 2.45) is 4.99 Å². The molecule has 0 atom stereocenters. The molecule has 1 aromatic heterocycles. The second-order valence-corrected chi connectivity index (χ2v) is 6.41. The van der Waals surface area contributed by atoms with Crippen molar-refractivity contribution in [3.8, 4) is 0 Å². The van der Waals surface area contributed by atoms with Crippen molar-refractivity contribution < 1.29 is 0 Å². The summed E-state index contributed by atoms with van der Waals surface area (Å²) >= 11 is 0. The molecule has 0 saturated carbocycles. The van der Waals surface area contributed by atoms with Gasteiger partial charge in [-0.15, -0.1) is 0 Å². The number of aliphatic imine (C=N–C) groups is 1. The number of rotatable bonds is 6. The molecule has 0 spiro atoms. The lowest BCUT2D eigenvalue weighted by molar-refractivity contribution is 0.578. The van der Waals surface area contributed by atoms with E-state index in [0.29, 0.717) is 6.54 Å². The van der Waals surface area contributed by atoms with E-state index in [2.05, 4.69) is 40.9 Å². The van der Waals surface area contributed by atoms with Gasteiger partial charge in [0.2, 0.25) is 0 Å². The Morgan fingerprint density at radius 2 is 1.62 bits per heavy atom. The fourth-order valence-corrected chi connectivity index (χ4v) is 2.64. The van der Waals surface area contributed by atoms with Crippen molar-refractivity contribution in [1.29, 1.82) is 0 Å². The van der Waals surface area contributed by atoms with E-state index < -0.39 is 0 Å². The van der Waals surface area contributed by atoms with Gasteiger partial charge in [0.1, 0.15) is 0 Å². The normalized spacial score (nSPS) is 11.4. The van der Waals surface area contributed by atoms with E-state index in [1.807, 2.05) is 66.3 Å². The molecular formula is C21H25N5. The fourth-order valence-electron chi connectivity index (χ4n) is 2.64. The van der Waals surface area contributed by atoms with E-state index in [0.717, 1.165) is 24.6 Å². The molecule has 3 rings (SSSR count). The summed E-state index contributed by atoms with van der Waals surface area (Å²) in [6.45, 7) is 2.13. The highest BCUT2D eigenvalue weighted by Crippen LogP contribution is 2.05. The van der Waals surface area contributed by atoms with Crippen molar-refractivity contribution in [1.82, 2.24) is 20.0 Å². The zero-order valence-corrected chi connectivity index (χ0v) is 15.3. The summed E-state index contributed by atoms with van der Waals surface area (Å²) in [6, 6.07) is 20.7. The van der Waals surface area contributed by atoms with Gasteiger partial charge in [-0.25, -0.2) is 4.99 Å². The van der Waals surface area contributed by atoms with Crippen LogP contribution in [0.1, 0.15) is 16.7 Å². The minimum Gasteiger partial charge on any atom is -0.352 e. The maximum Gasteiger partial charge on any atom is 0.194 e. The zero-order chi connectivity index (χ0) is 18.2. The molecule has 0 unspecified atom stereocenters. The van der Waals surface area contributed by atoms with Crippen molar-refractivity contribution >= 4 is 5.96 Å². The van der Waals surface area contributed by atoms with E-state index in [9.17, 15) is 0 Å². The van der Waals surface area contributed by atoms with Gasteiger partial charge in [0.15, 0.2) is 5.96 Å². The summed E-state index contributed by atoms with van der Waals surface area (Å²) in [4.78, 5) is 6.70. The van der Waals surface area contributed by atoms with Crippen LogP contribution in [0, 0.1) is 0 Å². The molecule has 134 valence electrons. The summed E-state index contributed by atoms with van der Waals surface area (Å²) in [5.41, 5.74) is 3.57. The first-order valence-electron chi connectivity index (χ1n) is 8.75. The molecule has 0 aliphatic heterocycles. The predicted molar refractivity (Wildman–Crippen MR) is 106 cm³/mol. The maximum absolute atomic E-state index is 4.71. The van der Waals surface area contributed by atoms with Gasteiger partial charge in [0.05, 0.1) is 19.3 Å². The van der Waals surface area contributed by atoms with E-state index >= 15 is 0 Å². The Hall–Kier alpha value is -3.08. The number of aromatic nitrogens is 2. The zero-order valence-electron chi connectivity index (χ0n) is 15.3. The molecule has 0 aliphatic rings. The van der Waals surface area contributed by atoms with Gasteiger partial charge in [-0.1, -0.05) is 60.7 Å². The molecule has 0 fully saturated rings. The quantitative estimate of drug-likeness (QED) is 0.550. The Balaban J connectivity index is 1.59. The summed E-state index contributed by atoms with van der Waals surface area (Å²) in [6.07, 6.45) is 3.94. The van der Waals surface area contributed by atoms with E-state index in [1.165, 1.54) is 11.1 Å². The molecule has 0 radical (unpaired) electrons. The number of hydrogen-bond donors (Lipinski definition) is 1. The van der Waals surface area contributed by atoms with Gasteiger partial charge in [-0.05, 0) is 11.1 Å². The monoisotopic (exact) mass is 347 g/mol. The van der Waals surface area contributed by atoms with Gasteiger partial charge < -0.3 is 10.2 Å². The van der Waals surface area contributed by atoms with Gasteiger partial charge in [-0.2, -0.15) is 5.10 Å². The SMILES string of the molecule is CN(C)C(=NCc1cnn(Cc2ccccc2)c1)NCc1ccccc1. The standard InChI is InChI=1S/C21H25N5/c1-25(2)21(22-13-18-9-5-3-6-10-18)23-14-20-15-24-26(17-20)16-19-11-7-4-8-12-19/h3-12,15,17H,13-14,16H2,1-2H3,(H,22,23). The highest BCUT2D eigenvalue weighted by molar-refractivity contribution is 5.79. The van der Waals surface area contributed by atoms with Crippen LogP contribution in [-0.4, -0.2) is 34.7 Å². The summed E-state index contributed by atoms with van der Waals surface area (Å²) in [5.74, 6) is 0.865. The average Bonchev–Trinajstić information content (AvgIpc) is 3.10. The molecule has 0 saturated heterocycles. The Morgan fingerprint density at radius 3 is 2.27 bits per heavy atom. The van der Waals surface area contributed by atoms with Crippen molar-refractivity contribution in [2.45, 2.75) is 19.6 Å². The molecule has 0 aliphatic carbocycles. The van der Waals surface area contributed by atoms with Crippen LogP contribution in [0.3, 0.4) is 0 Å². The third kappa shape index (κ3) is 5.21. The van der Waals surface area contributed by atoms with Gasteiger partial charge in [-0.3, -0.25) is 4.68 Å². The van der Waals surface area contributed by atoms with Crippen LogP contribution in [0.5, 0.6) is 0 Å². The lowest BCUT2D eigenvalue weighted by Crippen LogP contribution is -2.36. The largest absolute Gasteiger partial charge is 0.352 e. The maximum atomic E-state index is 4.71. The number of nitrogens with zero attached hydrogens (tertiary/aromatic N) is 4. The van der Waals surface area contributed by atoms with Crippen LogP contribution in [0.2, 0.25) is 0 Å². The summed E-state index contributed by atoms with van der Waals surface area (Å²) < 4.78 is 1.95. The first-order valence-corrected chi connectivity index (χ1v) is 8.75. The van der Waals surface area contributed by atoms with Crippen LogP contribution in [0.25, 0.3) is 0 Å². The van der Waals surface area contributed by atoms with Gasteiger partial charge in [0.25, 0.3) is 0 Å². The molecule has 3 aromatic rings. The minimum atomic E-state index is 0.601. The molecule has 0 bridgehead atoms. The van der Waals surface area contributed by atoms with Crippen molar-refractivity contribution in [3.63, 3.8) is 0 Å². The Kier molecular flexibility index (Phi) is 6.04. The highest BCUT2D eigenvalue weighted by Gasteiger charge is 2.04. The average molecular weight is 347 g/mol. The Labute approximate surface area is 155 Å². The first kappa shape index (κ1) is 17.7. The molecule has 0 amide bonds. The summed E-state index contributed by atoms with van der Waals surface area (Å²) in [7, 11) is 3.99. The fraction of sp³-hybridized carbons (Fsp3) is 0.238. The third-order valence-corrected chi connectivity index (χ3v) is 4.00. The van der Waals surface area contributed by atoms with Crippen LogP contribution < -0.4 is 5.32 Å². The van der Waals surface area contributed by atoms with Gasteiger partial charge in [0, 0.05) is 32.4 Å². The Bertz CT molecular complexity index is 822. The number of hydrogen-bond acceptors (Lipinski definition) is 2. The van der Waals surface area contributed by atoms with Crippen LogP contribution in [0.4, 0.5) is 0 Å². The molecule has 1 heterocycles. The minimum absolute atomic E-state index is 0.601. The van der Waals surface area contributed by atoms with E-state index in [4.69, 9.17) is 4.99 Å². The molecule has 5 heteroatoms. The predicted octanol–water partition coefficient (Wildman–Crippen LogP) is 3.14. The van der Waals surface area contributed by atoms with E-state index in [-0.39, 0.29) is 0 Å². The molecular weight excluding hydrogens is 322 g/mol. The van der Waals surface area contributed by atoms with E-state index in [1.54, 1.807) is 0 Å². The summed E-state index contributed by atoms with van der Waals surface area (Å²) in [5, 5.41) is 7.84.